The second-order valence-electron chi connectivity index (χ2n) is 19.0. The van der Waals surface area contributed by atoms with Crippen molar-refractivity contribution in [2.75, 3.05) is 63.7 Å². The molecule has 6 aliphatic rings. The lowest BCUT2D eigenvalue weighted by atomic mass is 9.45. The van der Waals surface area contributed by atoms with Gasteiger partial charge in [0.25, 0.3) is 0 Å². The Balaban J connectivity index is 0.940. The summed E-state index contributed by atoms with van der Waals surface area (Å²) in [5, 5.41) is 14.5. The molecule has 60 heavy (non-hydrogen) atoms. The van der Waals surface area contributed by atoms with Crippen LogP contribution in [0.5, 0.6) is 0 Å². The number of hydrogen-bond acceptors (Lipinski definition) is 12. The molecule has 2 N–H and O–H groups in total. The van der Waals surface area contributed by atoms with Crippen LogP contribution in [0, 0.1) is 40.3 Å². The first-order valence-corrected chi connectivity index (χ1v) is 23.2. The number of hydrogen-bond donors (Lipinski definition) is 2. The summed E-state index contributed by atoms with van der Waals surface area (Å²) in [7, 11) is 0. The monoisotopic (exact) mass is 852 g/mol. The van der Waals surface area contributed by atoms with Crippen molar-refractivity contribution in [1.82, 2.24) is 14.8 Å². The van der Waals surface area contributed by atoms with Crippen LogP contribution >= 0.6 is 11.8 Å². The molecule has 2 amide bonds. The van der Waals surface area contributed by atoms with Crippen molar-refractivity contribution < 1.29 is 42.9 Å². The molecule has 3 heterocycles. The fraction of sp³-hybridized carbons (Fsp3) is 0.711. The normalized spacial score (nSPS) is 33.8. The number of carbonyl (C=O) groups is 4. The Hall–Kier alpha value is -3.53. The van der Waals surface area contributed by atoms with Crippen molar-refractivity contribution in [3.63, 3.8) is 0 Å². The van der Waals surface area contributed by atoms with E-state index in [9.17, 15) is 29.1 Å². The smallest absolute Gasteiger partial charge is 0.414 e. The molecule has 2 bridgehead atoms. The van der Waals surface area contributed by atoms with Crippen LogP contribution in [0.25, 0.3) is 10.9 Å². The number of aromatic nitrogens is 1. The number of Topliss-reactive ketones (excluding diaryl/α,β-unsaturated/α-hetero) is 1. The average molecular weight is 853 g/mol. The fourth-order valence-corrected chi connectivity index (χ4v) is 12.5. The van der Waals surface area contributed by atoms with Crippen LogP contribution in [0.1, 0.15) is 102 Å². The van der Waals surface area contributed by atoms with Crippen LogP contribution in [-0.4, -0.2) is 114 Å². The summed E-state index contributed by atoms with van der Waals surface area (Å²) in [5.74, 6) is -2.53. The van der Waals surface area contributed by atoms with Gasteiger partial charge in [0.05, 0.1) is 30.5 Å². The Labute approximate surface area is 355 Å². The number of aliphatic hydroxyl groups is 1. The van der Waals surface area contributed by atoms with Gasteiger partial charge in [0, 0.05) is 85.2 Å². The van der Waals surface area contributed by atoms with Crippen LogP contribution in [0.2, 0.25) is 0 Å². The molecule has 2 aliphatic heterocycles. The highest BCUT2D eigenvalue weighted by molar-refractivity contribution is 8.00. The van der Waals surface area contributed by atoms with E-state index in [1.165, 1.54) is 6.07 Å². The van der Waals surface area contributed by atoms with Crippen LogP contribution in [0.15, 0.2) is 23.1 Å². The van der Waals surface area contributed by atoms with Gasteiger partial charge in [-0.3, -0.25) is 24.6 Å². The van der Waals surface area contributed by atoms with E-state index in [-0.39, 0.29) is 52.6 Å². The van der Waals surface area contributed by atoms with Gasteiger partial charge in [-0.25, -0.2) is 14.0 Å². The summed E-state index contributed by atoms with van der Waals surface area (Å²) in [6.45, 7) is 12.4. The number of thioether (sulfide) groups is 1. The number of anilines is 1. The Bertz CT molecular complexity index is 2080. The summed E-state index contributed by atoms with van der Waals surface area (Å²) in [4.78, 5) is 71.9. The van der Waals surface area contributed by atoms with E-state index in [2.05, 4.69) is 31.0 Å². The highest BCUT2D eigenvalue weighted by atomic mass is 32.2. The third-order valence-corrected chi connectivity index (χ3v) is 17.2. The zero-order valence-corrected chi connectivity index (χ0v) is 36.5. The van der Waals surface area contributed by atoms with Crippen LogP contribution in [-0.2, 0) is 23.8 Å². The summed E-state index contributed by atoms with van der Waals surface area (Å²) in [6, 6.07) is 2.96. The van der Waals surface area contributed by atoms with Gasteiger partial charge >= 0.3 is 12.1 Å². The number of rotatable bonds is 9. The minimum Gasteiger partial charge on any atom is -0.461 e. The van der Waals surface area contributed by atoms with Gasteiger partial charge in [-0.05, 0) is 87.5 Å². The second kappa shape index (κ2) is 16.6. The summed E-state index contributed by atoms with van der Waals surface area (Å²) in [6.07, 6.45) is 6.89. The molecule has 4 saturated carbocycles. The molecule has 8 rings (SSSR count). The number of nitrogens with one attached hydrogen (secondary N) is 1. The topological polar surface area (TPSA) is 157 Å². The Morgan fingerprint density at radius 3 is 2.42 bits per heavy atom. The number of benzene rings is 1. The molecule has 2 unspecified atom stereocenters. The molecule has 1 aromatic carbocycles. The molecule has 13 nitrogen and oxygen atoms in total. The lowest BCUT2D eigenvalue weighted by molar-refractivity contribution is -0.179. The van der Waals surface area contributed by atoms with Crippen molar-refractivity contribution in [3.8, 4) is 0 Å². The zero-order chi connectivity index (χ0) is 42.7. The maximum atomic E-state index is 16.0. The predicted molar refractivity (Wildman–Crippen MR) is 226 cm³/mol. The highest BCUT2D eigenvalue weighted by Crippen LogP contribution is 2.68. The van der Waals surface area contributed by atoms with E-state index in [1.54, 1.807) is 24.0 Å². The highest BCUT2D eigenvalue weighted by Gasteiger charge is 2.68. The van der Waals surface area contributed by atoms with E-state index in [0.717, 1.165) is 38.8 Å². The largest absolute Gasteiger partial charge is 0.461 e. The number of ketones is 1. The lowest BCUT2D eigenvalue weighted by Gasteiger charge is -2.61. The van der Waals surface area contributed by atoms with Gasteiger partial charge in [0.1, 0.15) is 29.9 Å². The molecule has 2 aromatic rings. The second-order valence-corrected chi connectivity index (χ2v) is 20.3. The molecule has 15 heteroatoms. The van der Waals surface area contributed by atoms with Gasteiger partial charge in [0.15, 0.2) is 0 Å². The number of amides is 2. The number of imide groups is 1. The Morgan fingerprint density at radius 1 is 1.02 bits per heavy atom. The van der Waals surface area contributed by atoms with Gasteiger partial charge in [-0.1, -0.05) is 20.8 Å². The Morgan fingerprint density at radius 2 is 1.73 bits per heavy atom. The van der Waals surface area contributed by atoms with Crippen molar-refractivity contribution in [3.05, 3.63) is 39.9 Å². The van der Waals surface area contributed by atoms with Crippen molar-refractivity contribution in [2.45, 2.75) is 108 Å². The number of aliphatic hydroxyl groups excluding tert-OH is 1. The van der Waals surface area contributed by atoms with Gasteiger partial charge in [0.2, 0.25) is 11.3 Å². The number of halogens is 1. The molecular formula is C45H61FN4O9S. The number of pyridine rings is 1. The van der Waals surface area contributed by atoms with E-state index >= 15 is 4.39 Å². The molecular weight excluding hydrogens is 792 g/mol. The SMILES string of the molecule is CS[C@]1(C)C[C@@H](OC(=O)NC(=O)C2CCN(c3cc4c(cc3F)c(=O)c(C(=O)OCCN3CCOCC3)cn4C3CC3)CC2)[C@@]2(C)C3C(=O)CCC3(CC[C@H]2C)[C@@H](C)[C@@H]1O. The number of alkyl carbamates (subject to hydrolysis) is 1. The molecule has 0 spiro atoms. The third-order valence-electron chi connectivity index (χ3n) is 15.9. The summed E-state index contributed by atoms with van der Waals surface area (Å²) >= 11 is 1.55. The van der Waals surface area contributed by atoms with Crippen molar-refractivity contribution in [2.24, 2.45) is 34.5 Å². The van der Waals surface area contributed by atoms with E-state index in [0.29, 0.717) is 76.2 Å². The average Bonchev–Trinajstić information content (AvgIpc) is 4.03. The summed E-state index contributed by atoms with van der Waals surface area (Å²) in [5.41, 5.74) is -0.896. The van der Waals surface area contributed by atoms with Crippen molar-refractivity contribution in [1.29, 1.82) is 0 Å². The number of nitrogens with zero attached hydrogens (tertiary/aromatic N) is 3. The maximum absolute atomic E-state index is 16.0. The predicted octanol–water partition coefficient (Wildman–Crippen LogP) is 5.73. The van der Waals surface area contributed by atoms with Gasteiger partial charge in [-0.2, -0.15) is 11.8 Å². The molecule has 8 atom stereocenters. The number of esters is 1. The first-order valence-electron chi connectivity index (χ1n) is 22.0. The quantitative estimate of drug-likeness (QED) is 0.296. The van der Waals surface area contributed by atoms with Crippen LogP contribution in [0.4, 0.5) is 14.9 Å². The van der Waals surface area contributed by atoms with E-state index < -0.39 is 57.5 Å². The number of piperidine rings is 1. The molecule has 0 radical (unpaired) electrons. The first kappa shape index (κ1) is 43.1. The zero-order valence-electron chi connectivity index (χ0n) is 35.6. The van der Waals surface area contributed by atoms with E-state index in [4.69, 9.17) is 14.2 Å². The molecule has 4 aliphatic carbocycles. The van der Waals surface area contributed by atoms with Crippen LogP contribution < -0.4 is 15.6 Å². The molecule has 6 fully saturated rings. The molecule has 328 valence electrons. The maximum Gasteiger partial charge on any atom is 0.414 e. The minimum absolute atomic E-state index is 0.0767. The van der Waals surface area contributed by atoms with Gasteiger partial charge in [-0.15, -0.1) is 0 Å². The first-order chi connectivity index (χ1) is 28.6. The minimum atomic E-state index is -0.854. The number of morpholine rings is 1. The van der Waals surface area contributed by atoms with E-state index in [1.807, 2.05) is 22.6 Å². The number of carbonyl (C=O) groups excluding carboxylic acids is 4. The Kier molecular flexibility index (Phi) is 12.0. The standard InChI is InChI=1S/C45H61FN4O9S/c1-26-8-12-45-13-9-35(51)38(45)44(26,4)36(24-43(3,60-5)39(53)27(45)2)59-42(56)47-40(54)28-10-14-49(15-11-28)34-23-33-30(22-32(34)46)37(52)31(25-50(33)29-6-7-29)41(55)58-21-18-48-16-19-57-20-17-48/h22-23,25-29,36,38-39,53H,6-21,24H2,1-5H3,(H,47,54,56)/t26-,27+,36-,38?,39+,43-,44+,45?/m1/s1. The number of fused-ring (bicyclic) bond motifs is 1. The molecule has 2 saturated heterocycles. The number of ether oxygens (including phenoxy) is 3. The lowest BCUT2D eigenvalue weighted by Crippen LogP contribution is -2.64. The van der Waals surface area contributed by atoms with Crippen LogP contribution in [0.3, 0.4) is 0 Å². The summed E-state index contributed by atoms with van der Waals surface area (Å²) < 4.78 is 34.3. The van der Waals surface area contributed by atoms with Crippen molar-refractivity contribution >= 4 is 52.1 Å². The molecule has 1 aromatic heterocycles. The fourth-order valence-electron chi connectivity index (χ4n) is 11.7. The van der Waals surface area contributed by atoms with Gasteiger partial charge < -0.3 is 28.8 Å². The third kappa shape index (κ3) is 7.57.